The van der Waals surface area contributed by atoms with E-state index in [9.17, 15) is 36.6 Å². The fourth-order valence-electron chi connectivity index (χ4n) is 4.85. The van der Waals surface area contributed by atoms with Gasteiger partial charge in [-0.15, -0.1) is 24.8 Å². The van der Waals surface area contributed by atoms with E-state index in [1.807, 2.05) is 0 Å². The number of hydrogen-bond donors (Lipinski definition) is 0. The Morgan fingerprint density at radius 3 is 1.24 bits per heavy atom. The zero-order chi connectivity index (χ0) is 26.2. The maximum Gasteiger partial charge on any atom is 0.416 e. The summed E-state index contributed by atoms with van der Waals surface area (Å²) >= 11 is 0. The van der Waals surface area contributed by atoms with Gasteiger partial charge in [0.05, 0.1) is 22.5 Å². The highest BCUT2D eigenvalue weighted by Gasteiger charge is 2.48. The van der Waals surface area contributed by atoms with Crippen LogP contribution in [0.25, 0.3) is 0 Å². The molecule has 0 aromatic heterocycles. The Morgan fingerprint density at radius 1 is 0.632 bits per heavy atom. The third kappa shape index (κ3) is 7.52. The first-order valence-electron chi connectivity index (χ1n) is 11.3. The number of rotatable bonds is 6. The standard InChI is InChI=1S/C24H24F6N4O2.2ClH/c25-23(26,27)17-3-1-5-19(13-17)31-21(35)15-33-7-10-34(11-8-33,12-9-33)16-22(36)32-20-6-2-4-18(14-20)24(28,29)30;;/h1-6,13-14H,7-12,15-16H2;2*1H. The molecule has 3 heterocycles. The molecule has 2 bridgehead atoms. The predicted octanol–water partition coefficient (Wildman–Crippen LogP) is 3.71. The van der Waals surface area contributed by atoms with E-state index in [-0.39, 0.29) is 49.3 Å². The van der Waals surface area contributed by atoms with Crippen LogP contribution in [-0.4, -0.2) is 73.1 Å². The third-order valence-corrected chi connectivity index (χ3v) is 6.94. The quantitative estimate of drug-likeness (QED) is 0.224. The van der Waals surface area contributed by atoms with Gasteiger partial charge >= 0.3 is 12.4 Å². The van der Waals surface area contributed by atoms with Crippen LogP contribution in [0.4, 0.5) is 37.7 Å². The lowest BCUT2D eigenvalue weighted by molar-refractivity contribution is -1.07. The molecular formula is C24H26Cl2F6N4O2. The van der Waals surface area contributed by atoms with Crippen molar-refractivity contribution in [2.24, 2.45) is 9.98 Å². The number of benzene rings is 2. The molecule has 3 saturated heterocycles. The minimum atomic E-state index is -4.53. The molecule has 0 N–H and O–H groups in total. The fourth-order valence-corrected chi connectivity index (χ4v) is 4.85. The highest BCUT2D eigenvalue weighted by atomic mass is 35.5. The van der Waals surface area contributed by atoms with E-state index in [1.54, 1.807) is 0 Å². The molecule has 3 fully saturated rings. The summed E-state index contributed by atoms with van der Waals surface area (Å²) in [5, 5.41) is 25.1. The zero-order valence-corrected chi connectivity index (χ0v) is 21.6. The van der Waals surface area contributed by atoms with Crippen LogP contribution in [0.2, 0.25) is 0 Å². The molecule has 0 saturated carbocycles. The van der Waals surface area contributed by atoms with E-state index in [4.69, 9.17) is 0 Å². The normalized spacial score (nSPS) is 23.9. The van der Waals surface area contributed by atoms with Crippen molar-refractivity contribution in [1.82, 2.24) is 0 Å². The molecule has 0 aliphatic carbocycles. The second-order valence-electron chi connectivity index (χ2n) is 9.45. The van der Waals surface area contributed by atoms with Gasteiger partial charge in [0, 0.05) is 11.8 Å². The lowest BCUT2D eigenvalue weighted by atomic mass is 10.1. The Balaban J connectivity index is 0.00000253. The first-order chi connectivity index (χ1) is 16.8. The number of hydrogen-bond acceptors (Lipinski definition) is 4. The van der Waals surface area contributed by atoms with Crippen molar-refractivity contribution in [2.75, 3.05) is 52.4 Å². The van der Waals surface area contributed by atoms with Crippen LogP contribution in [0.1, 0.15) is 11.1 Å². The summed E-state index contributed by atoms with van der Waals surface area (Å²) in [6, 6.07) is 8.61. The highest BCUT2D eigenvalue weighted by Crippen LogP contribution is 2.33. The van der Waals surface area contributed by atoms with Gasteiger partial charge in [-0.3, -0.25) is 9.98 Å². The van der Waals surface area contributed by atoms with Crippen molar-refractivity contribution < 1.29 is 45.5 Å². The predicted molar refractivity (Wildman–Crippen MR) is 131 cm³/mol. The minimum absolute atomic E-state index is 0. The van der Waals surface area contributed by atoms with Crippen LogP contribution in [-0.2, 0) is 12.4 Å². The highest BCUT2D eigenvalue weighted by molar-refractivity contribution is 5.85. The summed E-state index contributed by atoms with van der Waals surface area (Å²) in [6.45, 7) is 3.61. The Labute approximate surface area is 227 Å². The van der Waals surface area contributed by atoms with Crippen LogP contribution < -0.4 is 10.2 Å². The molecule has 5 rings (SSSR count). The van der Waals surface area contributed by atoms with E-state index in [0.29, 0.717) is 48.2 Å². The van der Waals surface area contributed by atoms with Crippen LogP contribution in [0.5, 0.6) is 0 Å². The van der Waals surface area contributed by atoms with Gasteiger partial charge in [0.1, 0.15) is 52.4 Å². The van der Waals surface area contributed by atoms with Gasteiger partial charge in [0.25, 0.3) is 0 Å². The SMILES string of the molecule is Cl.Cl.[O-]C(C[N+]12CC[N+](CC([O-])=Nc3cccc(C(F)(F)F)c3)(CC1)CC2)=Nc1cccc(C(F)(F)F)c1. The molecule has 0 radical (unpaired) electrons. The van der Waals surface area contributed by atoms with Gasteiger partial charge in [-0.1, -0.05) is 12.1 Å². The number of piperazine rings is 3. The summed E-state index contributed by atoms with van der Waals surface area (Å²) in [7, 11) is 0. The molecule has 14 heteroatoms. The van der Waals surface area contributed by atoms with E-state index in [2.05, 4.69) is 9.98 Å². The van der Waals surface area contributed by atoms with Gasteiger partial charge < -0.3 is 19.2 Å². The van der Waals surface area contributed by atoms with Crippen molar-refractivity contribution in [3.05, 3.63) is 59.7 Å². The average molecular weight is 587 g/mol. The monoisotopic (exact) mass is 586 g/mol. The number of halogens is 8. The molecule has 3 aliphatic rings. The molecule has 2 aromatic carbocycles. The molecule has 0 amide bonds. The second kappa shape index (κ2) is 11.7. The zero-order valence-electron chi connectivity index (χ0n) is 20.0. The second-order valence-corrected chi connectivity index (χ2v) is 9.45. The van der Waals surface area contributed by atoms with Gasteiger partial charge in [-0.25, -0.2) is 0 Å². The average Bonchev–Trinajstić information content (AvgIpc) is 2.79. The fraction of sp³-hybridized carbons (Fsp3) is 0.417. The molecule has 0 atom stereocenters. The largest absolute Gasteiger partial charge is 0.858 e. The van der Waals surface area contributed by atoms with Gasteiger partial charge in [-0.05, 0) is 36.4 Å². The number of quaternary nitrogens is 2. The number of fused-ring (bicyclic) bond motifs is 3. The molecule has 0 spiro atoms. The first-order valence-corrected chi connectivity index (χ1v) is 11.3. The molecule has 3 aliphatic heterocycles. The maximum atomic E-state index is 12.9. The molecule has 2 aromatic rings. The van der Waals surface area contributed by atoms with Gasteiger partial charge in [0.15, 0.2) is 0 Å². The molecular weight excluding hydrogens is 561 g/mol. The summed E-state index contributed by atoms with van der Waals surface area (Å²) in [5.74, 6) is -1.02. The van der Waals surface area contributed by atoms with E-state index < -0.39 is 35.3 Å². The Kier molecular flexibility index (Phi) is 9.74. The van der Waals surface area contributed by atoms with Crippen molar-refractivity contribution in [2.45, 2.75) is 12.4 Å². The number of alkyl halides is 6. The molecule has 38 heavy (non-hydrogen) atoms. The Morgan fingerprint density at radius 2 is 0.947 bits per heavy atom. The van der Waals surface area contributed by atoms with Crippen molar-refractivity contribution in [1.29, 1.82) is 0 Å². The van der Waals surface area contributed by atoms with Crippen LogP contribution in [0, 0.1) is 0 Å². The Hall–Kier alpha value is -2.54. The summed E-state index contributed by atoms with van der Waals surface area (Å²) < 4.78 is 78.3. The maximum absolute atomic E-state index is 12.9. The van der Waals surface area contributed by atoms with Crippen LogP contribution in [0.3, 0.4) is 0 Å². The lowest BCUT2D eigenvalue weighted by Crippen LogP contribution is -2.77. The topological polar surface area (TPSA) is 70.8 Å². The summed E-state index contributed by atoms with van der Waals surface area (Å²) in [6.07, 6.45) is -9.05. The summed E-state index contributed by atoms with van der Waals surface area (Å²) in [5.41, 5.74) is -1.84. The number of aliphatic imine (C=N–C) groups is 2. The van der Waals surface area contributed by atoms with Crippen molar-refractivity contribution >= 4 is 48.0 Å². The first kappa shape index (κ1) is 31.7. The number of nitrogens with zero attached hydrogens (tertiary/aromatic N) is 4. The lowest BCUT2D eigenvalue weighted by Gasteiger charge is -2.56. The van der Waals surface area contributed by atoms with Crippen LogP contribution >= 0.6 is 24.8 Å². The van der Waals surface area contributed by atoms with Crippen molar-refractivity contribution in [3.63, 3.8) is 0 Å². The van der Waals surface area contributed by atoms with E-state index >= 15 is 0 Å². The van der Waals surface area contributed by atoms with Crippen LogP contribution in [0.15, 0.2) is 58.5 Å². The third-order valence-electron chi connectivity index (χ3n) is 6.94. The summed E-state index contributed by atoms with van der Waals surface area (Å²) in [4.78, 5) is 7.73. The van der Waals surface area contributed by atoms with Gasteiger partial charge in [0.2, 0.25) is 0 Å². The van der Waals surface area contributed by atoms with E-state index in [1.165, 1.54) is 24.3 Å². The molecule has 210 valence electrons. The minimum Gasteiger partial charge on any atom is -0.858 e. The van der Waals surface area contributed by atoms with Crippen molar-refractivity contribution in [3.8, 4) is 0 Å². The van der Waals surface area contributed by atoms with Gasteiger partial charge in [-0.2, -0.15) is 26.3 Å². The molecule has 6 nitrogen and oxygen atoms in total. The Bertz CT molecular complexity index is 1070. The smallest absolute Gasteiger partial charge is 0.416 e. The van der Waals surface area contributed by atoms with E-state index in [0.717, 1.165) is 24.3 Å². The molecule has 0 unspecified atom stereocenters.